The van der Waals surface area contributed by atoms with Crippen LogP contribution in [-0.2, 0) is 0 Å². The Hall–Kier alpha value is -2.23. The molecule has 0 saturated carbocycles. The first-order valence-corrected chi connectivity index (χ1v) is 5.42. The molecule has 1 aromatic heterocycles. The van der Waals surface area contributed by atoms with E-state index in [-0.39, 0.29) is 5.56 Å². The van der Waals surface area contributed by atoms with Crippen molar-refractivity contribution in [2.24, 2.45) is 0 Å². The van der Waals surface area contributed by atoms with E-state index in [0.29, 0.717) is 12.4 Å². The molecule has 0 amide bonds. The minimum atomic E-state index is -0.200. The van der Waals surface area contributed by atoms with E-state index < -0.39 is 0 Å². The first-order valence-electron chi connectivity index (χ1n) is 5.42. The third-order valence-electron chi connectivity index (χ3n) is 2.36. The van der Waals surface area contributed by atoms with Crippen LogP contribution in [0.2, 0.25) is 0 Å². The SMILES string of the molecule is CCOc1ccc(-c2cc(N)[nH]c(=O)c2)cc1. The molecule has 0 bridgehead atoms. The van der Waals surface area contributed by atoms with Crippen molar-refractivity contribution in [3.63, 3.8) is 0 Å². The maximum absolute atomic E-state index is 11.3. The van der Waals surface area contributed by atoms with Crippen LogP contribution in [0.15, 0.2) is 41.2 Å². The monoisotopic (exact) mass is 230 g/mol. The number of H-pyrrole nitrogens is 1. The number of rotatable bonds is 3. The van der Waals surface area contributed by atoms with Crippen molar-refractivity contribution in [3.8, 4) is 16.9 Å². The van der Waals surface area contributed by atoms with Crippen LogP contribution in [0.1, 0.15) is 6.92 Å². The molecular weight excluding hydrogens is 216 g/mol. The number of nitrogens with two attached hydrogens (primary N) is 1. The summed E-state index contributed by atoms with van der Waals surface area (Å²) in [5, 5.41) is 0. The predicted molar refractivity (Wildman–Crippen MR) is 68.1 cm³/mol. The minimum absolute atomic E-state index is 0.200. The van der Waals surface area contributed by atoms with Gasteiger partial charge in [-0.2, -0.15) is 0 Å². The molecule has 4 nitrogen and oxygen atoms in total. The molecule has 0 unspecified atom stereocenters. The van der Waals surface area contributed by atoms with Gasteiger partial charge in [0.25, 0.3) is 0 Å². The first-order chi connectivity index (χ1) is 8.19. The lowest BCUT2D eigenvalue weighted by Gasteiger charge is -2.05. The lowest BCUT2D eigenvalue weighted by molar-refractivity contribution is 0.340. The van der Waals surface area contributed by atoms with Crippen molar-refractivity contribution in [1.82, 2.24) is 4.98 Å². The summed E-state index contributed by atoms with van der Waals surface area (Å²) in [6.45, 7) is 2.57. The molecule has 0 aliphatic heterocycles. The van der Waals surface area contributed by atoms with Crippen LogP contribution < -0.4 is 16.0 Å². The van der Waals surface area contributed by atoms with Gasteiger partial charge in [0.15, 0.2) is 0 Å². The molecule has 2 rings (SSSR count). The van der Waals surface area contributed by atoms with Crippen LogP contribution in [0.3, 0.4) is 0 Å². The standard InChI is InChI=1S/C13H14N2O2/c1-2-17-11-5-3-9(4-6-11)10-7-12(14)15-13(16)8-10/h3-8H,2H2,1H3,(H3,14,15,16). The number of ether oxygens (including phenoxy) is 1. The second-order valence-electron chi connectivity index (χ2n) is 3.65. The summed E-state index contributed by atoms with van der Waals surface area (Å²) < 4.78 is 5.35. The average molecular weight is 230 g/mol. The maximum atomic E-state index is 11.3. The first kappa shape index (κ1) is 11.3. The summed E-state index contributed by atoms with van der Waals surface area (Å²) in [5.41, 5.74) is 7.13. The van der Waals surface area contributed by atoms with Gasteiger partial charge in [-0.1, -0.05) is 12.1 Å². The number of pyridine rings is 1. The normalized spacial score (nSPS) is 10.2. The van der Waals surface area contributed by atoms with Crippen molar-refractivity contribution >= 4 is 5.82 Å². The van der Waals surface area contributed by atoms with E-state index in [1.54, 1.807) is 6.07 Å². The van der Waals surface area contributed by atoms with Crippen LogP contribution in [0, 0.1) is 0 Å². The van der Waals surface area contributed by atoms with E-state index in [1.807, 2.05) is 31.2 Å². The molecule has 1 heterocycles. The predicted octanol–water partition coefficient (Wildman–Crippen LogP) is 2.02. The van der Waals surface area contributed by atoms with Crippen molar-refractivity contribution < 1.29 is 4.74 Å². The Balaban J connectivity index is 2.36. The molecule has 0 saturated heterocycles. The smallest absolute Gasteiger partial charge is 0.250 e. The van der Waals surface area contributed by atoms with Crippen LogP contribution in [0.4, 0.5) is 5.82 Å². The number of benzene rings is 1. The van der Waals surface area contributed by atoms with Gasteiger partial charge in [-0.05, 0) is 36.2 Å². The highest BCUT2D eigenvalue weighted by Gasteiger charge is 2.01. The number of anilines is 1. The number of aromatic nitrogens is 1. The zero-order valence-electron chi connectivity index (χ0n) is 9.57. The number of nitrogens with one attached hydrogen (secondary N) is 1. The third kappa shape index (κ3) is 2.66. The number of hydrogen-bond donors (Lipinski definition) is 2. The van der Waals surface area contributed by atoms with Crippen molar-refractivity contribution in [1.29, 1.82) is 0 Å². The molecule has 0 aliphatic rings. The third-order valence-corrected chi connectivity index (χ3v) is 2.36. The van der Waals surface area contributed by atoms with Crippen molar-refractivity contribution in [2.45, 2.75) is 6.92 Å². The van der Waals surface area contributed by atoms with Crippen LogP contribution in [-0.4, -0.2) is 11.6 Å². The van der Waals surface area contributed by atoms with Gasteiger partial charge >= 0.3 is 0 Å². The fraction of sp³-hybridized carbons (Fsp3) is 0.154. The lowest BCUT2D eigenvalue weighted by atomic mass is 10.1. The Bertz CT molecular complexity index is 558. The average Bonchev–Trinajstić information content (AvgIpc) is 2.29. The van der Waals surface area contributed by atoms with E-state index >= 15 is 0 Å². The fourth-order valence-corrected chi connectivity index (χ4v) is 1.64. The molecule has 0 fully saturated rings. The summed E-state index contributed by atoms with van der Waals surface area (Å²) in [6.07, 6.45) is 0. The lowest BCUT2D eigenvalue weighted by Crippen LogP contribution is -2.07. The van der Waals surface area contributed by atoms with Gasteiger partial charge in [0.05, 0.1) is 6.61 Å². The highest BCUT2D eigenvalue weighted by molar-refractivity contribution is 5.66. The quantitative estimate of drug-likeness (QED) is 0.847. The Morgan fingerprint density at radius 2 is 1.88 bits per heavy atom. The highest BCUT2D eigenvalue weighted by Crippen LogP contribution is 2.22. The molecule has 17 heavy (non-hydrogen) atoms. The summed E-state index contributed by atoms with van der Waals surface area (Å²) in [5.74, 6) is 1.18. The van der Waals surface area contributed by atoms with Gasteiger partial charge < -0.3 is 15.5 Å². The fourth-order valence-electron chi connectivity index (χ4n) is 1.64. The molecule has 0 radical (unpaired) electrons. The molecule has 1 aromatic carbocycles. The number of hydrogen-bond acceptors (Lipinski definition) is 3. The molecule has 0 atom stereocenters. The molecular formula is C13H14N2O2. The summed E-state index contributed by atoms with van der Waals surface area (Å²) in [6, 6.07) is 10.8. The van der Waals surface area contributed by atoms with Gasteiger partial charge in [0.1, 0.15) is 11.6 Å². The Morgan fingerprint density at radius 3 is 2.47 bits per heavy atom. The molecule has 3 N–H and O–H groups in total. The van der Waals surface area contributed by atoms with Gasteiger partial charge in [-0.25, -0.2) is 0 Å². The molecule has 0 aliphatic carbocycles. The zero-order valence-corrected chi connectivity index (χ0v) is 9.57. The summed E-state index contributed by atoms with van der Waals surface area (Å²) >= 11 is 0. The van der Waals surface area contributed by atoms with Crippen LogP contribution in [0.25, 0.3) is 11.1 Å². The van der Waals surface area contributed by atoms with E-state index in [4.69, 9.17) is 10.5 Å². The summed E-state index contributed by atoms with van der Waals surface area (Å²) in [7, 11) is 0. The Labute approximate surface area is 99.1 Å². The minimum Gasteiger partial charge on any atom is -0.494 e. The topological polar surface area (TPSA) is 68.1 Å². The molecule has 88 valence electrons. The highest BCUT2D eigenvalue weighted by atomic mass is 16.5. The maximum Gasteiger partial charge on any atom is 0.250 e. The number of aromatic amines is 1. The van der Waals surface area contributed by atoms with Gasteiger partial charge in [0.2, 0.25) is 5.56 Å². The second kappa shape index (κ2) is 4.74. The van der Waals surface area contributed by atoms with Gasteiger partial charge in [-0.3, -0.25) is 4.79 Å². The Kier molecular flexibility index (Phi) is 3.14. The van der Waals surface area contributed by atoms with E-state index in [1.165, 1.54) is 6.07 Å². The largest absolute Gasteiger partial charge is 0.494 e. The zero-order chi connectivity index (χ0) is 12.3. The van der Waals surface area contributed by atoms with Gasteiger partial charge in [0, 0.05) is 6.07 Å². The Morgan fingerprint density at radius 1 is 1.18 bits per heavy atom. The molecule has 2 aromatic rings. The summed E-state index contributed by atoms with van der Waals surface area (Å²) in [4.78, 5) is 13.8. The van der Waals surface area contributed by atoms with Crippen LogP contribution >= 0.6 is 0 Å². The van der Waals surface area contributed by atoms with Gasteiger partial charge in [-0.15, -0.1) is 0 Å². The second-order valence-corrected chi connectivity index (χ2v) is 3.65. The van der Waals surface area contributed by atoms with Crippen molar-refractivity contribution in [2.75, 3.05) is 12.3 Å². The number of nitrogen functional groups attached to an aromatic ring is 1. The molecule has 0 spiro atoms. The molecule has 4 heteroatoms. The van der Waals surface area contributed by atoms with Crippen LogP contribution in [0.5, 0.6) is 5.75 Å². The van der Waals surface area contributed by atoms with E-state index in [0.717, 1.165) is 16.9 Å². The van der Waals surface area contributed by atoms with E-state index in [2.05, 4.69) is 4.98 Å². The van der Waals surface area contributed by atoms with E-state index in [9.17, 15) is 4.79 Å². The van der Waals surface area contributed by atoms with Crippen molar-refractivity contribution in [3.05, 3.63) is 46.8 Å².